The van der Waals surface area contributed by atoms with Gasteiger partial charge in [0.05, 0.1) is 28.7 Å². The number of nitrogens with one attached hydrogen (secondary N) is 2. The van der Waals surface area contributed by atoms with Crippen LogP contribution in [0.2, 0.25) is 0 Å². The summed E-state index contributed by atoms with van der Waals surface area (Å²) in [7, 11) is 0. The van der Waals surface area contributed by atoms with Crippen LogP contribution in [0.4, 0.5) is 17.3 Å². The van der Waals surface area contributed by atoms with Crippen molar-refractivity contribution in [2.45, 2.75) is 45.8 Å². The van der Waals surface area contributed by atoms with Crippen molar-refractivity contribution in [3.63, 3.8) is 0 Å². The van der Waals surface area contributed by atoms with Crippen LogP contribution in [0.1, 0.15) is 34.1 Å². The number of nitro groups is 1. The molecule has 1 aromatic heterocycles. The van der Waals surface area contributed by atoms with Crippen LogP contribution < -0.4 is 10.6 Å². The lowest BCUT2D eigenvalue weighted by Gasteiger charge is -2.30. The molecule has 1 rings (SSSR count). The van der Waals surface area contributed by atoms with Gasteiger partial charge in [0, 0.05) is 6.54 Å². The third-order valence-electron chi connectivity index (χ3n) is 3.07. The van der Waals surface area contributed by atoms with Gasteiger partial charge in [0.2, 0.25) is 0 Å². The van der Waals surface area contributed by atoms with E-state index in [-0.39, 0.29) is 5.69 Å². The number of aliphatic hydroxyl groups excluding tert-OH is 1. The molecule has 1 atom stereocenters. The third-order valence-corrected chi connectivity index (χ3v) is 3.07. The van der Waals surface area contributed by atoms with Crippen LogP contribution in [0.3, 0.4) is 0 Å². The first-order valence-corrected chi connectivity index (χ1v) is 6.63. The fraction of sp³-hybridized carbons (Fsp3) is 0.615. The average Bonchev–Trinajstić information content (AvgIpc) is 2.35. The van der Waals surface area contributed by atoms with Crippen molar-refractivity contribution >= 4 is 17.3 Å². The van der Waals surface area contributed by atoms with Gasteiger partial charge in [0.15, 0.2) is 0 Å². The fourth-order valence-electron chi connectivity index (χ4n) is 1.46. The summed E-state index contributed by atoms with van der Waals surface area (Å²) in [4.78, 5) is 14.8. The Morgan fingerprint density at radius 2 is 2.05 bits per heavy atom. The van der Waals surface area contributed by atoms with E-state index in [1.54, 1.807) is 20.8 Å². The molecular weight excluding hydrogens is 260 g/mol. The van der Waals surface area contributed by atoms with Crippen LogP contribution in [0.5, 0.6) is 0 Å². The monoisotopic (exact) mass is 282 g/mol. The van der Waals surface area contributed by atoms with E-state index in [1.807, 2.05) is 6.92 Å². The zero-order valence-corrected chi connectivity index (χ0v) is 12.3. The summed E-state index contributed by atoms with van der Waals surface area (Å²) in [6.45, 7) is 7.95. The molecule has 0 saturated carbocycles. The molecule has 0 aliphatic heterocycles. The Labute approximate surface area is 118 Å². The van der Waals surface area contributed by atoms with Crippen molar-refractivity contribution in [2.24, 2.45) is 0 Å². The third kappa shape index (κ3) is 4.34. The lowest BCUT2D eigenvalue weighted by atomic mass is 9.99. The number of hydrogen-bond acceptors (Lipinski definition) is 6. The Kier molecular flexibility index (Phi) is 5.26. The summed E-state index contributed by atoms with van der Waals surface area (Å²) < 4.78 is 0. The summed E-state index contributed by atoms with van der Waals surface area (Å²) in [5, 5.41) is 26.7. The first kappa shape index (κ1) is 16.2. The van der Waals surface area contributed by atoms with Gasteiger partial charge in [-0.15, -0.1) is 0 Å². The van der Waals surface area contributed by atoms with E-state index < -0.39 is 16.6 Å². The molecule has 0 bridgehead atoms. The van der Waals surface area contributed by atoms with E-state index in [9.17, 15) is 15.2 Å². The molecule has 0 amide bonds. The quantitative estimate of drug-likeness (QED) is 0.524. The molecule has 0 saturated heterocycles. The van der Waals surface area contributed by atoms with Gasteiger partial charge in [0.25, 0.3) is 5.69 Å². The molecule has 7 heteroatoms. The number of anilines is 2. The van der Waals surface area contributed by atoms with E-state index >= 15 is 0 Å². The van der Waals surface area contributed by atoms with E-state index in [0.717, 1.165) is 6.42 Å². The second-order valence-corrected chi connectivity index (χ2v) is 5.30. The van der Waals surface area contributed by atoms with Gasteiger partial charge in [-0.3, -0.25) is 10.1 Å². The highest BCUT2D eigenvalue weighted by atomic mass is 16.6. The molecular formula is C13H22N4O3. The van der Waals surface area contributed by atoms with E-state index in [4.69, 9.17) is 0 Å². The van der Waals surface area contributed by atoms with Crippen molar-refractivity contribution in [3.05, 3.63) is 22.2 Å². The van der Waals surface area contributed by atoms with E-state index in [1.165, 1.54) is 12.1 Å². The maximum absolute atomic E-state index is 11.0. The predicted molar refractivity (Wildman–Crippen MR) is 79.1 cm³/mol. The molecule has 1 aromatic rings. The Morgan fingerprint density at radius 3 is 2.55 bits per heavy atom. The molecule has 0 aromatic carbocycles. The summed E-state index contributed by atoms with van der Waals surface area (Å²) >= 11 is 0. The maximum Gasteiger partial charge on any atom is 0.276 e. The first-order chi connectivity index (χ1) is 9.26. The fourth-order valence-corrected chi connectivity index (χ4v) is 1.46. The van der Waals surface area contributed by atoms with E-state index in [2.05, 4.69) is 15.6 Å². The normalized spacial score (nSPS) is 12.8. The Hall–Kier alpha value is -1.89. The van der Waals surface area contributed by atoms with Crippen LogP contribution >= 0.6 is 0 Å². The second kappa shape index (κ2) is 6.51. The summed E-state index contributed by atoms with van der Waals surface area (Å²) in [5.41, 5.74) is -0.674. The first-order valence-electron chi connectivity index (χ1n) is 6.63. The molecule has 7 nitrogen and oxygen atoms in total. The zero-order valence-electron chi connectivity index (χ0n) is 12.3. The van der Waals surface area contributed by atoms with Gasteiger partial charge >= 0.3 is 0 Å². The number of pyridine rings is 1. The smallest absolute Gasteiger partial charge is 0.276 e. The van der Waals surface area contributed by atoms with Crippen molar-refractivity contribution in [1.29, 1.82) is 0 Å². The largest absolute Gasteiger partial charge is 0.391 e. The second-order valence-electron chi connectivity index (χ2n) is 5.30. The molecule has 0 fully saturated rings. The summed E-state index contributed by atoms with van der Waals surface area (Å²) in [6, 6.07) is 2.76. The Morgan fingerprint density at radius 1 is 1.45 bits per heavy atom. The minimum atomic E-state index is -0.635. The van der Waals surface area contributed by atoms with Gasteiger partial charge in [-0.2, -0.15) is 0 Å². The van der Waals surface area contributed by atoms with Crippen LogP contribution in [0, 0.1) is 10.1 Å². The van der Waals surface area contributed by atoms with Gasteiger partial charge < -0.3 is 15.7 Å². The summed E-state index contributed by atoms with van der Waals surface area (Å²) in [5.74, 6) is 0.814. The van der Waals surface area contributed by atoms with E-state index in [0.29, 0.717) is 18.2 Å². The molecule has 0 aliphatic carbocycles. The SMILES string of the molecule is CCCNc1cc([N+](=O)[O-])cc(NC(C)(C)C(C)O)n1. The van der Waals surface area contributed by atoms with Gasteiger partial charge in [0.1, 0.15) is 11.6 Å². The van der Waals surface area contributed by atoms with Gasteiger partial charge in [-0.05, 0) is 27.2 Å². The maximum atomic E-state index is 11.0. The minimum absolute atomic E-state index is 0.0394. The van der Waals surface area contributed by atoms with Crippen molar-refractivity contribution in [2.75, 3.05) is 17.2 Å². The molecule has 20 heavy (non-hydrogen) atoms. The molecule has 1 heterocycles. The minimum Gasteiger partial charge on any atom is -0.391 e. The highest BCUT2D eigenvalue weighted by molar-refractivity contribution is 5.55. The molecule has 112 valence electrons. The molecule has 0 aliphatic rings. The highest BCUT2D eigenvalue weighted by Gasteiger charge is 2.25. The van der Waals surface area contributed by atoms with Crippen molar-refractivity contribution < 1.29 is 10.0 Å². The lowest BCUT2D eigenvalue weighted by molar-refractivity contribution is -0.384. The molecule has 0 spiro atoms. The molecule has 3 N–H and O–H groups in total. The van der Waals surface area contributed by atoms with Crippen LogP contribution in [0.25, 0.3) is 0 Å². The number of hydrogen-bond donors (Lipinski definition) is 3. The molecule has 0 radical (unpaired) electrons. The van der Waals surface area contributed by atoms with Crippen LogP contribution in [0.15, 0.2) is 12.1 Å². The van der Waals surface area contributed by atoms with Crippen molar-refractivity contribution in [3.8, 4) is 0 Å². The van der Waals surface area contributed by atoms with Gasteiger partial charge in [-0.25, -0.2) is 4.98 Å². The van der Waals surface area contributed by atoms with Gasteiger partial charge in [-0.1, -0.05) is 6.92 Å². The van der Waals surface area contributed by atoms with Crippen LogP contribution in [-0.2, 0) is 0 Å². The number of aromatic nitrogens is 1. The van der Waals surface area contributed by atoms with Crippen molar-refractivity contribution in [1.82, 2.24) is 4.98 Å². The number of aliphatic hydroxyl groups is 1. The predicted octanol–water partition coefficient (Wildman–Crippen LogP) is 2.38. The average molecular weight is 282 g/mol. The topological polar surface area (TPSA) is 100 Å². The Bertz CT molecular complexity index is 475. The number of nitrogens with zero attached hydrogens (tertiary/aromatic N) is 2. The molecule has 1 unspecified atom stereocenters. The Balaban J connectivity index is 3.05. The van der Waals surface area contributed by atoms with Crippen LogP contribution in [-0.4, -0.2) is 33.2 Å². The summed E-state index contributed by atoms with van der Waals surface area (Å²) in [6.07, 6.45) is 0.266. The number of rotatable bonds is 7. The lowest BCUT2D eigenvalue weighted by Crippen LogP contribution is -2.42. The standard InChI is InChI=1S/C13H22N4O3/c1-5-6-14-11-7-10(17(19)20)8-12(15-11)16-13(3,4)9(2)18/h7-9,18H,5-6H2,1-4H3,(H2,14,15,16). The highest BCUT2D eigenvalue weighted by Crippen LogP contribution is 2.24. The zero-order chi connectivity index (χ0) is 15.3.